The number of hydrogen-bond acceptors (Lipinski definition) is 0. The third-order valence-electron chi connectivity index (χ3n) is 12.8. The van der Waals surface area contributed by atoms with E-state index >= 15 is 0 Å². The van der Waals surface area contributed by atoms with Crippen molar-refractivity contribution < 1.29 is 0 Å². The van der Waals surface area contributed by atoms with Crippen LogP contribution in [0.25, 0.3) is 116 Å². The van der Waals surface area contributed by atoms with Crippen LogP contribution in [0.15, 0.2) is 249 Å². The quantitative estimate of drug-likeness (QED) is 0.151. The van der Waals surface area contributed by atoms with Gasteiger partial charge in [-0.2, -0.15) is 0 Å². The summed E-state index contributed by atoms with van der Waals surface area (Å²) in [4.78, 5) is 0. The molecule has 1 aromatic heterocycles. The molecule has 1 nitrogen and oxygen atoms in total. The van der Waals surface area contributed by atoms with E-state index in [0.717, 1.165) is 5.69 Å². The summed E-state index contributed by atoms with van der Waals surface area (Å²) in [6.07, 6.45) is 0. The first kappa shape index (κ1) is 36.6. The molecule has 0 amide bonds. The Morgan fingerprint density at radius 3 is 1.00 bits per heavy atom. The lowest BCUT2D eigenvalue weighted by molar-refractivity contribution is 1.18. The fourth-order valence-corrected chi connectivity index (χ4v) is 9.64. The number of rotatable bonds is 7. The van der Waals surface area contributed by atoms with E-state index < -0.39 is 0 Å². The summed E-state index contributed by atoms with van der Waals surface area (Å²) >= 11 is 0. The van der Waals surface area contributed by atoms with Crippen molar-refractivity contribution in [1.82, 2.24) is 4.57 Å². The Balaban J connectivity index is 1.08. The van der Waals surface area contributed by atoms with Gasteiger partial charge < -0.3 is 4.57 Å². The molecule has 0 fully saturated rings. The van der Waals surface area contributed by atoms with Crippen LogP contribution in [0.1, 0.15) is 0 Å². The molecule has 0 spiro atoms. The van der Waals surface area contributed by atoms with Gasteiger partial charge in [-0.05, 0) is 131 Å². The Labute approximate surface area is 367 Å². The lowest BCUT2D eigenvalue weighted by atomic mass is 9.92. The Morgan fingerprint density at radius 1 is 0.206 bits per heavy atom. The van der Waals surface area contributed by atoms with Crippen molar-refractivity contribution in [1.29, 1.82) is 0 Å². The van der Waals surface area contributed by atoms with Crippen molar-refractivity contribution in [2.45, 2.75) is 0 Å². The summed E-state index contributed by atoms with van der Waals surface area (Å²) in [5.74, 6) is 0. The molecule has 11 aromatic carbocycles. The van der Waals surface area contributed by atoms with Gasteiger partial charge in [0, 0.05) is 16.5 Å². The van der Waals surface area contributed by atoms with Crippen molar-refractivity contribution in [3.63, 3.8) is 0 Å². The molecular weight excluding hydrogens is 759 g/mol. The van der Waals surface area contributed by atoms with Crippen LogP contribution in [0.2, 0.25) is 0 Å². The topological polar surface area (TPSA) is 4.93 Å². The van der Waals surface area contributed by atoms with Gasteiger partial charge in [-0.15, -0.1) is 0 Å². The van der Waals surface area contributed by atoms with Crippen molar-refractivity contribution >= 4 is 43.4 Å². The minimum atomic E-state index is 1.13. The fourth-order valence-electron chi connectivity index (χ4n) is 9.64. The second-order valence-corrected chi connectivity index (χ2v) is 16.5. The van der Waals surface area contributed by atoms with Gasteiger partial charge in [0.1, 0.15) is 0 Å². The van der Waals surface area contributed by atoms with Crippen LogP contribution in [0, 0.1) is 0 Å². The lowest BCUT2D eigenvalue weighted by Crippen LogP contribution is -1.96. The van der Waals surface area contributed by atoms with Gasteiger partial charge in [-0.3, -0.25) is 0 Å². The molecule has 1 heteroatoms. The van der Waals surface area contributed by atoms with E-state index in [0.29, 0.717) is 0 Å². The molecule has 0 atom stereocenters. The van der Waals surface area contributed by atoms with E-state index in [1.165, 1.54) is 110 Å². The van der Waals surface area contributed by atoms with Crippen molar-refractivity contribution in [3.05, 3.63) is 249 Å². The van der Waals surface area contributed by atoms with Crippen LogP contribution in [0.3, 0.4) is 0 Å². The highest BCUT2D eigenvalue weighted by Gasteiger charge is 2.18. The maximum Gasteiger partial charge on any atom is 0.0541 e. The Bertz CT molecular complexity index is 3390. The van der Waals surface area contributed by atoms with Crippen molar-refractivity contribution in [3.8, 4) is 72.4 Å². The molecule has 0 aliphatic rings. The molecule has 12 aromatic rings. The van der Waals surface area contributed by atoms with Crippen LogP contribution >= 0.6 is 0 Å². The molecule has 63 heavy (non-hydrogen) atoms. The number of aromatic nitrogens is 1. The normalized spacial score (nSPS) is 11.5. The Kier molecular flexibility index (Phi) is 8.90. The smallest absolute Gasteiger partial charge is 0.0541 e. The molecule has 0 N–H and O–H groups in total. The third kappa shape index (κ3) is 6.59. The van der Waals surface area contributed by atoms with Gasteiger partial charge in [0.15, 0.2) is 0 Å². The van der Waals surface area contributed by atoms with Gasteiger partial charge in [-0.25, -0.2) is 0 Å². The van der Waals surface area contributed by atoms with Crippen LogP contribution in [0.5, 0.6) is 0 Å². The first-order valence-corrected chi connectivity index (χ1v) is 21.7. The summed E-state index contributed by atoms with van der Waals surface area (Å²) in [6, 6.07) is 91.2. The molecular formula is C62H41N. The lowest BCUT2D eigenvalue weighted by Gasteiger charge is -2.16. The summed E-state index contributed by atoms with van der Waals surface area (Å²) in [7, 11) is 0. The molecule has 12 rings (SSSR count). The molecule has 0 saturated carbocycles. The van der Waals surface area contributed by atoms with E-state index in [9.17, 15) is 0 Å². The predicted octanol–water partition coefficient (Wildman–Crippen LogP) is 17.1. The van der Waals surface area contributed by atoms with Gasteiger partial charge in [0.25, 0.3) is 0 Å². The van der Waals surface area contributed by atoms with Crippen molar-refractivity contribution in [2.75, 3.05) is 0 Å². The average Bonchev–Trinajstić information content (AvgIpc) is 3.69. The highest BCUT2D eigenvalue weighted by atomic mass is 15.0. The second kappa shape index (κ2) is 15.3. The van der Waals surface area contributed by atoms with Crippen LogP contribution in [-0.4, -0.2) is 4.57 Å². The van der Waals surface area contributed by atoms with E-state index in [1.54, 1.807) is 0 Å². The second-order valence-electron chi connectivity index (χ2n) is 16.5. The zero-order valence-corrected chi connectivity index (χ0v) is 34.6. The number of nitrogens with zero attached hydrogens (tertiary/aromatic N) is 1. The molecule has 0 aliphatic carbocycles. The molecule has 0 bridgehead atoms. The maximum atomic E-state index is 2.48. The highest BCUT2D eigenvalue weighted by Crippen LogP contribution is 2.41. The minimum absolute atomic E-state index is 1.13. The average molecular weight is 800 g/mol. The van der Waals surface area contributed by atoms with E-state index in [4.69, 9.17) is 0 Å². The summed E-state index contributed by atoms with van der Waals surface area (Å²) in [6.45, 7) is 0. The summed E-state index contributed by atoms with van der Waals surface area (Å²) in [5, 5.41) is 7.40. The summed E-state index contributed by atoms with van der Waals surface area (Å²) < 4.78 is 2.48. The first-order valence-electron chi connectivity index (χ1n) is 21.7. The molecule has 0 radical (unpaired) electrons. The Hall–Kier alpha value is -8.26. The Morgan fingerprint density at radius 2 is 0.556 bits per heavy atom. The van der Waals surface area contributed by atoms with E-state index in [2.05, 4.69) is 253 Å². The maximum absolute atomic E-state index is 2.48. The van der Waals surface area contributed by atoms with Gasteiger partial charge in [0.05, 0.1) is 11.0 Å². The van der Waals surface area contributed by atoms with Crippen LogP contribution in [-0.2, 0) is 0 Å². The van der Waals surface area contributed by atoms with Crippen LogP contribution < -0.4 is 0 Å². The highest BCUT2D eigenvalue weighted by molar-refractivity contribution is 6.12. The third-order valence-corrected chi connectivity index (χ3v) is 12.8. The fraction of sp³-hybridized carbons (Fsp3) is 0. The monoisotopic (exact) mass is 799 g/mol. The van der Waals surface area contributed by atoms with E-state index in [-0.39, 0.29) is 0 Å². The largest absolute Gasteiger partial charge is 0.309 e. The number of benzene rings is 11. The molecule has 0 aliphatic heterocycles. The standard InChI is InChI=1S/C62H41N/c1-3-13-42(14-4-1)44-25-29-46(30-26-44)50-33-35-61-59(40-50)60-41-51(47-31-27-45(28-32-47)43-15-5-2-6-16-43)34-36-62(60)63(61)54-38-52(57-23-11-19-48-17-7-9-21-55(48)57)37-53(39-54)58-24-12-20-49-18-8-10-22-56(49)58/h1-41H. The minimum Gasteiger partial charge on any atom is -0.309 e. The molecule has 0 unspecified atom stereocenters. The zero-order chi connectivity index (χ0) is 41.7. The predicted molar refractivity (Wildman–Crippen MR) is 268 cm³/mol. The van der Waals surface area contributed by atoms with Crippen LogP contribution in [0.4, 0.5) is 0 Å². The summed E-state index contributed by atoms with van der Waals surface area (Å²) in [5.41, 5.74) is 17.9. The van der Waals surface area contributed by atoms with Gasteiger partial charge in [0.2, 0.25) is 0 Å². The molecule has 0 saturated heterocycles. The SMILES string of the molecule is c1ccc(-c2ccc(-c3ccc4c(c3)c3cc(-c5ccc(-c6ccccc6)cc5)ccc3n4-c3cc(-c4cccc5ccccc45)cc(-c4cccc5ccccc45)c3)cc2)cc1. The van der Waals surface area contributed by atoms with E-state index in [1.807, 2.05) is 0 Å². The van der Waals surface area contributed by atoms with Gasteiger partial charge in [-0.1, -0.05) is 206 Å². The van der Waals surface area contributed by atoms with Gasteiger partial charge >= 0.3 is 0 Å². The zero-order valence-electron chi connectivity index (χ0n) is 34.6. The first-order chi connectivity index (χ1) is 31.2. The number of fused-ring (bicyclic) bond motifs is 5. The molecule has 1 heterocycles. The number of hydrogen-bond donors (Lipinski definition) is 0. The molecule has 294 valence electrons. The van der Waals surface area contributed by atoms with Crippen molar-refractivity contribution in [2.24, 2.45) is 0 Å².